The Morgan fingerprint density at radius 3 is 2.60 bits per heavy atom. The lowest BCUT2D eigenvalue weighted by molar-refractivity contribution is 0.0217. The molecule has 0 radical (unpaired) electrons. The lowest BCUT2D eigenvalue weighted by Gasteiger charge is -2.49. The van der Waals surface area contributed by atoms with Gasteiger partial charge in [0.1, 0.15) is 5.75 Å². The topological polar surface area (TPSA) is 54.5 Å². The monoisotopic (exact) mass is 357 g/mol. The van der Waals surface area contributed by atoms with Crippen LogP contribution in [0.25, 0.3) is 0 Å². The van der Waals surface area contributed by atoms with Gasteiger partial charge in [-0.25, -0.2) is 4.98 Å². The first-order valence-electron chi connectivity index (χ1n) is 8.85. The van der Waals surface area contributed by atoms with E-state index in [9.17, 15) is 4.79 Å². The minimum atomic E-state index is 0.00536. The van der Waals surface area contributed by atoms with Gasteiger partial charge in [0, 0.05) is 17.6 Å². The number of carbonyl (C=O) groups excluding carboxylic acids is 1. The Kier molecular flexibility index (Phi) is 4.48. The van der Waals surface area contributed by atoms with Gasteiger partial charge in [-0.1, -0.05) is 11.3 Å². The average Bonchev–Trinajstić information content (AvgIpc) is 3.04. The number of ether oxygens (including phenoxy) is 1. The van der Waals surface area contributed by atoms with Gasteiger partial charge in [-0.3, -0.25) is 9.69 Å². The van der Waals surface area contributed by atoms with Crippen LogP contribution in [0.3, 0.4) is 0 Å². The number of thiazole rings is 1. The number of hydrogen-bond donors (Lipinski definition) is 1. The molecule has 4 heterocycles. The normalized spacial score (nSPS) is 27.9. The first-order chi connectivity index (χ1) is 12.1. The summed E-state index contributed by atoms with van der Waals surface area (Å²) in [6, 6.07) is 8.00. The third-order valence-corrected chi connectivity index (χ3v) is 6.20. The predicted octanol–water partition coefficient (Wildman–Crippen LogP) is 3.46. The van der Waals surface area contributed by atoms with E-state index >= 15 is 0 Å². The molecule has 1 aromatic heterocycles. The molecule has 3 aliphatic rings. The van der Waals surface area contributed by atoms with Crippen LogP contribution in [0.2, 0.25) is 0 Å². The third-order valence-electron chi connectivity index (χ3n) is 5.41. The summed E-state index contributed by atoms with van der Waals surface area (Å²) in [5.74, 6) is 1.34. The maximum absolute atomic E-state index is 12.6. The molecule has 3 saturated heterocycles. The SMILES string of the molecule is Cc1ncc(Oc2ccc(C(=O)NC3C4CCN(CC4)C3C)cc2)s1. The quantitative estimate of drug-likeness (QED) is 0.910. The van der Waals surface area contributed by atoms with Gasteiger partial charge in [0.25, 0.3) is 5.91 Å². The number of piperidine rings is 3. The molecular weight excluding hydrogens is 334 g/mol. The predicted molar refractivity (Wildman–Crippen MR) is 98.4 cm³/mol. The highest BCUT2D eigenvalue weighted by Crippen LogP contribution is 2.32. The first kappa shape index (κ1) is 16.5. The summed E-state index contributed by atoms with van der Waals surface area (Å²) in [5.41, 5.74) is 0.677. The lowest BCUT2D eigenvalue weighted by Crippen LogP contribution is -2.62. The van der Waals surface area contributed by atoms with Gasteiger partial charge in [-0.2, -0.15) is 0 Å². The highest BCUT2D eigenvalue weighted by molar-refractivity contribution is 7.13. The van der Waals surface area contributed by atoms with E-state index in [0.29, 0.717) is 17.5 Å². The van der Waals surface area contributed by atoms with Crippen LogP contribution in [0, 0.1) is 12.8 Å². The first-order valence-corrected chi connectivity index (χ1v) is 9.67. The maximum atomic E-state index is 12.6. The molecule has 2 unspecified atom stereocenters. The fraction of sp³-hybridized carbons (Fsp3) is 0.474. The number of benzene rings is 1. The van der Waals surface area contributed by atoms with Crippen LogP contribution >= 0.6 is 11.3 Å². The van der Waals surface area contributed by atoms with E-state index in [1.807, 2.05) is 31.2 Å². The van der Waals surface area contributed by atoms with Crippen LogP contribution in [0.1, 0.15) is 35.1 Å². The van der Waals surface area contributed by atoms with E-state index in [0.717, 1.165) is 15.8 Å². The summed E-state index contributed by atoms with van der Waals surface area (Å²) < 4.78 is 5.76. The van der Waals surface area contributed by atoms with Crippen molar-refractivity contribution in [1.29, 1.82) is 0 Å². The Labute approximate surface area is 152 Å². The van der Waals surface area contributed by atoms with Crippen LogP contribution in [-0.4, -0.2) is 41.0 Å². The van der Waals surface area contributed by atoms with E-state index in [2.05, 4.69) is 22.1 Å². The number of fused-ring (bicyclic) bond motifs is 3. The molecule has 5 rings (SSSR count). The zero-order chi connectivity index (χ0) is 17.4. The molecule has 1 amide bonds. The van der Waals surface area contributed by atoms with Crippen LogP contribution in [0.4, 0.5) is 0 Å². The van der Waals surface area contributed by atoms with Gasteiger partial charge in [-0.05, 0) is 70.0 Å². The fourth-order valence-corrected chi connectivity index (χ4v) is 4.60. The van der Waals surface area contributed by atoms with Gasteiger partial charge in [0.05, 0.1) is 11.2 Å². The maximum Gasteiger partial charge on any atom is 0.251 e. The molecule has 1 aromatic carbocycles. The summed E-state index contributed by atoms with van der Waals surface area (Å²) in [6.45, 7) is 6.51. The Balaban J connectivity index is 1.40. The van der Waals surface area contributed by atoms with E-state index < -0.39 is 0 Å². The third kappa shape index (κ3) is 3.41. The summed E-state index contributed by atoms with van der Waals surface area (Å²) in [5, 5.41) is 4.99. The number of nitrogens with zero attached hydrogens (tertiary/aromatic N) is 2. The van der Waals surface area contributed by atoms with Crippen molar-refractivity contribution in [2.75, 3.05) is 13.1 Å². The summed E-state index contributed by atoms with van der Waals surface area (Å²) in [4.78, 5) is 19.3. The molecule has 25 heavy (non-hydrogen) atoms. The van der Waals surface area contributed by atoms with E-state index in [-0.39, 0.29) is 11.9 Å². The van der Waals surface area contributed by atoms with E-state index in [4.69, 9.17) is 4.74 Å². The van der Waals surface area contributed by atoms with Gasteiger partial charge in [-0.15, -0.1) is 0 Å². The minimum Gasteiger partial charge on any atom is -0.445 e. The Hall–Kier alpha value is -1.92. The smallest absolute Gasteiger partial charge is 0.251 e. The fourth-order valence-electron chi connectivity index (χ4n) is 3.96. The molecule has 6 heteroatoms. The lowest BCUT2D eigenvalue weighted by atomic mass is 9.79. The second-order valence-electron chi connectivity index (χ2n) is 6.94. The number of aromatic nitrogens is 1. The molecule has 3 aliphatic heterocycles. The molecule has 1 N–H and O–H groups in total. The van der Waals surface area contributed by atoms with Crippen LogP contribution in [0.5, 0.6) is 10.8 Å². The van der Waals surface area contributed by atoms with Gasteiger partial charge < -0.3 is 10.1 Å². The number of amides is 1. The zero-order valence-electron chi connectivity index (χ0n) is 14.6. The molecule has 0 aliphatic carbocycles. The molecule has 2 atom stereocenters. The van der Waals surface area contributed by atoms with Crippen molar-refractivity contribution in [3.05, 3.63) is 41.0 Å². The number of carbonyl (C=O) groups is 1. The summed E-state index contributed by atoms with van der Waals surface area (Å²) in [6.07, 6.45) is 4.10. The molecule has 0 spiro atoms. The highest BCUT2D eigenvalue weighted by atomic mass is 32.1. The molecule has 132 valence electrons. The Morgan fingerprint density at radius 1 is 1.28 bits per heavy atom. The van der Waals surface area contributed by atoms with Crippen LogP contribution < -0.4 is 10.1 Å². The largest absolute Gasteiger partial charge is 0.445 e. The van der Waals surface area contributed by atoms with Crippen LogP contribution in [0.15, 0.2) is 30.5 Å². The molecule has 2 aromatic rings. The molecule has 2 bridgehead atoms. The summed E-state index contributed by atoms with van der Waals surface area (Å²) in [7, 11) is 0. The second-order valence-corrected chi connectivity index (χ2v) is 8.14. The summed E-state index contributed by atoms with van der Waals surface area (Å²) >= 11 is 1.51. The van der Waals surface area contributed by atoms with Gasteiger partial charge in [0.15, 0.2) is 0 Å². The van der Waals surface area contributed by atoms with E-state index in [1.165, 1.54) is 37.3 Å². The number of nitrogens with one attached hydrogen (secondary N) is 1. The van der Waals surface area contributed by atoms with Crippen molar-refractivity contribution in [1.82, 2.24) is 15.2 Å². The number of hydrogen-bond acceptors (Lipinski definition) is 5. The van der Waals surface area contributed by atoms with Crippen molar-refractivity contribution in [2.45, 2.75) is 38.8 Å². The number of rotatable bonds is 4. The van der Waals surface area contributed by atoms with Gasteiger partial charge in [0.2, 0.25) is 5.06 Å². The molecule has 3 fully saturated rings. The van der Waals surface area contributed by atoms with Crippen LogP contribution in [-0.2, 0) is 0 Å². The zero-order valence-corrected chi connectivity index (χ0v) is 15.4. The van der Waals surface area contributed by atoms with Crippen molar-refractivity contribution in [3.8, 4) is 10.8 Å². The standard InChI is InChI=1S/C19H23N3O2S/c1-12-18(14-7-9-22(12)10-8-14)21-19(23)15-3-5-16(6-4-15)24-17-11-20-13(2)25-17/h3-6,11-12,14,18H,7-10H2,1-2H3,(H,21,23). The minimum absolute atomic E-state index is 0.00536. The van der Waals surface area contributed by atoms with Crippen molar-refractivity contribution in [3.63, 3.8) is 0 Å². The molecule has 5 nitrogen and oxygen atoms in total. The van der Waals surface area contributed by atoms with Gasteiger partial charge >= 0.3 is 0 Å². The Morgan fingerprint density at radius 2 is 2.00 bits per heavy atom. The molecule has 0 saturated carbocycles. The highest BCUT2D eigenvalue weighted by Gasteiger charge is 2.40. The molecular formula is C19H23N3O2S. The second kappa shape index (κ2) is 6.77. The number of aryl methyl sites for hydroxylation is 1. The van der Waals surface area contributed by atoms with Crippen molar-refractivity contribution >= 4 is 17.2 Å². The average molecular weight is 357 g/mol. The van der Waals surface area contributed by atoms with Crippen molar-refractivity contribution < 1.29 is 9.53 Å². The Bertz CT molecular complexity index is 748. The van der Waals surface area contributed by atoms with E-state index in [1.54, 1.807) is 6.20 Å². The van der Waals surface area contributed by atoms with Crippen molar-refractivity contribution in [2.24, 2.45) is 5.92 Å².